The van der Waals surface area contributed by atoms with Gasteiger partial charge in [0, 0.05) is 44.5 Å². The maximum atomic E-state index is 3.55. The lowest BCUT2D eigenvalue weighted by atomic mass is 10.0. The molecule has 3 heteroatoms. The zero-order valence-electron chi connectivity index (χ0n) is 13.5. The largest absolute Gasteiger partial charge is 0.369 e. The molecule has 1 atom stereocenters. The lowest BCUT2D eigenvalue weighted by Crippen LogP contribution is -2.47. The van der Waals surface area contributed by atoms with E-state index in [1.54, 1.807) is 0 Å². The van der Waals surface area contributed by atoms with Gasteiger partial charge in [-0.15, -0.1) is 0 Å². The van der Waals surface area contributed by atoms with Crippen molar-refractivity contribution in [3.05, 3.63) is 29.8 Å². The minimum absolute atomic E-state index is 0.427. The van der Waals surface area contributed by atoms with Gasteiger partial charge in [0.2, 0.25) is 0 Å². The third-order valence-corrected chi connectivity index (χ3v) is 4.84. The molecule has 1 aromatic carbocycles. The second-order valence-electron chi connectivity index (χ2n) is 6.57. The first-order chi connectivity index (χ1) is 10.3. The van der Waals surface area contributed by atoms with Crippen LogP contribution in [-0.2, 0) is 0 Å². The van der Waals surface area contributed by atoms with Crippen molar-refractivity contribution in [2.45, 2.75) is 32.7 Å². The molecule has 2 fully saturated rings. The van der Waals surface area contributed by atoms with Crippen molar-refractivity contribution < 1.29 is 0 Å². The number of anilines is 1. The molecule has 1 N–H and O–H groups in total. The van der Waals surface area contributed by atoms with Crippen LogP contribution in [0.5, 0.6) is 0 Å². The van der Waals surface area contributed by atoms with Crippen LogP contribution in [0.4, 0.5) is 5.69 Å². The molecule has 0 amide bonds. The van der Waals surface area contributed by atoms with Crippen molar-refractivity contribution in [2.24, 2.45) is 5.92 Å². The van der Waals surface area contributed by atoms with Gasteiger partial charge < -0.3 is 10.2 Å². The number of para-hydroxylation sites is 1. The Bertz CT molecular complexity index is 448. The summed E-state index contributed by atoms with van der Waals surface area (Å²) in [7, 11) is 0. The van der Waals surface area contributed by atoms with E-state index in [1.807, 2.05) is 0 Å². The summed E-state index contributed by atoms with van der Waals surface area (Å²) in [4.78, 5) is 5.23. The quantitative estimate of drug-likeness (QED) is 0.868. The molecule has 1 unspecified atom stereocenters. The normalized spacial score (nSPS) is 21.5. The highest BCUT2D eigenvalue weighted by Crippen LogP contribution is 2.31. The Labute approximate surface area is 129 Å². The van der Waals surface area contributed by atoms with Crippen LogP contribution < -0.4 is 10.2 Å². The Morgan fingerprint density at radius 3 is 2.52 bits per heavy atom. The van der Waals surface area contributed by atoms with Gasteiger partial charge in [0.1, 0.15) is 0 Å². The highest BCUT2D eigenvalue weighted by atomic mass is 15.3. The second kappa shape index (κ2) is 6.80. The summed E-state index contributed by atoms with van der Waals surface area (Å²) < 4.78 is 0. The minimum atomic E-state index is 0.427. The van der Waals surface area contributed by atoms with Gasteiger partial charge in [0.15, 0.2) is 0 Å². The highest BCUT2D eigenvalue weighted by molar-refractivity contribution is 5.55. The van der Waals surface area contributed by atoms with Crippen LogP contribution in [0.15, 0.2) is 24.3 Å². The molecule has 0 aromatic heterocycles. The molecular weight excluding hydrogens is 258 g/mol. The highest BCUT2D eigenvalue weighted by Gasteiger charge is 2.27. The van der Waals surface area contributed by atoms with E-state index in [2.05, 4.69) is 53.2 Å². The summed E-state index contributed by atoms with van der Waals surface area (Å²) in [6, 6.07) is 9.33. The number of hydrogen-bond donors (Lipinski definition) is 1. The number of piperazine rings is 1. The molecule has 3 nitrogen and oxygen atoms in total. The standard InChI is InChI=1S/C18H29N3/c1-3-19-15(2)17-6-4-5-7-18(17)21-12-10-20(11-13-21)14-16-8-9-16/h4-7,15-16,19H,3,8-14H2,1-2H3. The van der Waals surface area contributed by atoms with Crippen molar-refractivity contribution in [1.29, 1.82) is 0 Å². The summed E-state index contributed by atoms with van der Waals surface area (Å²) in [5, 5.41) is 3.55. The van der Waals surface area contributed by atoms with Crippen LogP contribution in [0.2, 0.25) is 0 Å². The van der Waals surface area contributed by atoms with E-state index in [0.717, 1.165) is 12.5 Å². The molecule has 1 aliphatic heterocycles. The van der Waals surface area contributed by atoms with Crippen LogP contribution in [0.1, 0.15) is 38.3 Å². The summed E-state index contributed by atoms with van der Waals surface area (Å²) in [6.45, 7) is 11.6. The fraction of sp³-hybridized carbons (Fsp3) is 0.667. The smallest absolute Gasteiger partial charge is 0.0415 e. The summed E-state index contributed by atoms with van der Waals surface area (Å²) >= 11 is 0. The minimum Gasteiger partial charge on any atom is -0.369 e. The van der Waals surface area contributed by atoms with Crippen LogP contribution in [0.3, 0.4) is 0 Å². The second-order valence-corrected chi connectivity index (χ2v) is 6.57. The SMILES string of the molecule is CCNC(C)c1ccccc1N1CCN(CC2CC2)CC1. The molecule has 3 rings (SSSR count). The van der Waals surface area contributed by atoms with E-state index in [-0.39, 0.29) is 0 Å². The Balaban J connectivity index is 1.64. The molecule has 1 heterocycles. The van der Waals surface area contributed by atoms with E-state index in [4.69, 9.17) is 0 Å². The van der Waals surface area contributed by atoms with Crippen molar-refractivity contribution in [3.8, 4) is 0 Å². The van der Waals surface area contributed by atoms with Gasteiger partial charge in [-0.1, -0.05) is 25.1 Å². The van der Waals surface area contributed by atoms with E-state index in [1.165, 1.54) is 56.8 Å². The van der Waals surface area contributed by atoms with Crippen LogP contribution in [0, 0.1) is 5.92 Å². The van der Waals surface area contributed by atoms with E-state index in [9.17, 15) is 0 Å². The van der Waals surface area contributed by atoms with Crippen LogP contribution >= 0.6 is 0 Å². The zero-order chi connectivity index (χ0) is 14.7. The maximum Gasteiger partial charge on any atom is 0.0415 e. The van der Waals surface area contributed by atoms with E-state index in [0.29, 0.717) is 6.04 Å². The average Bonchev–Trinajstić information content (AvgIpc) is 3.32. The van der Waals surface area contributed by atoms with E-state index < -0.39 is 0 Å². The molecule has 0 radical (unpaired) electrons. The van der Waals surface area contributed by atoms with Gasteiger partial charge in [-0.05, 0) is 43.9 Å². The first-order valence-corrected chi connectivity index (χ1v) is 8.57. The van der Waals surface area contributed by atoms with Crippen molar-refractivity contribution in [3.63, 3.8) is 0 Å². The Hall–Kier alpha value is -1.06. The van der Waals surface area contributed by atoms with Gasteiger partial charge in [-0.2, -0.15) is 0 Å². The molecular formula is C18H29N3. The third kappa shape index (κ3) is 3.78. The Kier molecular flexibility index (Phi) is 4.81. The number of hydrogen-bond acceptors (Lipinski definition) is 3. The molecule has 0 spiro atoms. The third-order valence-electron chi connectivity index (χ3n) is 4.84. The van der Waals surface area contributed by atoms with Crippen molar-refractivity contribution in [2.75, 3.05) is 44.2 Å². The molecule has 1 saturated heterocycles. The predicted molar refractivity (Wildman–Crippen MR) is 89.9 cm³/mol. The van der Waals surface area contributed by atoms with Gasteiger partial charge in [-0.3, -0.25) is 4.90 Å². The molecule has 116 valence electrons. The first kappa shape index (κ1) is 14.9. The summed E-state index contributed by atoms with van der Waals surface area (Å²) in [6.07, 6.45) is 2.92. The van der Waals surface area contributed by atoms with Crippen LogP contribution in [0.25, 0.3) is 0 Å². The monoisotopic (exact) mass is 287 g/mol. The van der Waals surface area contributed by atoms with Gasteiger partial charge >= 0.3 is 0 Å². The number of nitrogens with one attached hydrogen (secondary N) is 1. The van der Waals surface area contributed by atoms with Gasteiger partial charge in [0.05, 0.1) is 0 Å². The lowest BCUT2D eigenvalue weighted by molar-refractivity contribution is 0.248. The molecule has 1 aromatic rings. The molecule has 1 aliphatic carbocycles. The predicted octanol–water partition coefficient (Wildman–Crippen LogP) is 2.89. The number of benzene rings is 1. The van der Waals surface area contributed by atoms with Crippen molar-refractivity contribution >= 4 is 5.69 Å². The Morgan fingerprint density at radius 2 is 1.86 bits per heavy atom. The molecule has 2 aliphatic rings. The fourth-order valence-electron chi connectivity index (χ4n) is 3.39. The average molecular weight is 287 g/mol. The first-order valence-electron chi connectivity index (χ1n) is 8.57. The Morgan fingerprint density at radius 1 is 1.14 bits per heavy atom. The van der Waals surface area contributed by atoms with E-state index >= 15 is 0 Å². The topological polar surface area (TPSA) is 18.5 Å². The summed E-state index contributed by atoms with van der Waals surface area (Å²) in [5.41, 5.74) is 2.87. The number of rotatable bonds is 6. The lowest BCUT2D eigenvalue weighted by Gasteiger charge is -2.37. The fourth-order valence-corrected chi connectivity index (χ4v) is 3.39. The summed E-state index contributed by atoms with van der Waals surface area (Å²) in [5.74, 6) is 1.01. The maximum absolute atomic E-state index is 3.55. The number of nitrogens with zero attached hydrogens (tertiary/aromatic N) is 2. The van der Waals surface area contributed by atoms with Gasteiger partial charge in [-0.25, -0.2) is 0 Å². The van der Waals surface area contributed by atoms with Crippen LogP contribution in [-0.4, -0.2) is 44.2 Å². The molecule has 21 heavy (non-hydrogen) atoms. The van der Waals surface area contributed by atoms with Gasteiger partial charge in [0.25, 0.3) is 0 Å². The molecule has 1 saturated carbocycles. The zero-order valence-corrected chi connectivity index (χ0v) is 13.5. The molecule has 0 bridgehead atoms. The van der Waals surface area contributed by atoms with Crippen molar-refractivity contribution in [1.82, 2.24) is 10.2 Å².